The summed E-state index contributed by atoms with van der Waals surface area (Å²) >= 11 is 0. The van der Waals surface area contributed by atoms with Crippen LogP contribution in [0.3, 0.4) is 0 Å². The SMILES string of the molecule is O=C(CCN1CCCC1)N1CCNCC1. The summed E-state index contributed by atoms with van der Waals surface area (Å²) in [5, 5.41) is 3.26. The molecule has 2 aliphatic rings. The van der Waals surface area contributed by atoms with Crippen LogP contribution >= 0.6 is 0 Å². The molecule has 0 saturated carbocycles. The van der Waals surface area contributed by atoms with Crippen molar-refractivity contribution >= 4 is 5.91 Å². The highest BCUT2D eigenvalue weighted by Gasteiger charge is 2.18. The predicted octanol–water partition coefficient (Wildman–Crippen LogP) is -0.0959. The first-order chi connectivity index (χ1) is 7.36. The van der Waals surface area contributed by atoms with Crippen molar-refractivity contribution in [1.29, 1.82) is 0 Å². The normalized spacial score (nSPS) is 23.3. The molecule has 0 aromatic heterocycles. The van der Waals surface area contributed by atoms with E-state index in [4.69, 9.17) is 0 Å². The summed E-state index contributed by atoms with van der Waals surface area (Å²) in [5.74, 6) is 0.336. The minimum Gasteiger partial charge on any atom is -0.340 e. The van der Waals surface area contributed by atoms with Crippen molar-refractivity contribution in [3.63, 3.8) is 0 Å². The van der Waals surface area contributed by atoms with E-state index in [-0.39, 0.29) is 0 Å². The lowest BCUT2D eigenvalue weighted by molar-refractivity contribution is -0.132. The standard InChI is InChI=1S/C11H21N3O/c15-11(14-9-4-12-5-10-14)3-8-13-6-1-2-7-13/h12H,1-10H2. The van der Waals surface area contributed by atoms with E-state index in [1.807, 2.05) is 4.90 Å². The molecule has 2 rings (SSSR count). The van der Waals surface area contributed by atoms with E-state index in [1.54, 1.807) is 0 Å². The van der Waals surface area contributed by atoms with Gasteiger partial charge in [0.1, 0.15) is 0 Å². The number of amides is 1. The second-order valence-corrected chi connectivity index (χ2v) is 4.43. The zero-order valence-electron chi connectivity index (χ0n) is 9.37. The molecule has 0 aromatic rings. The van der Waals surface area contributed by atoms with Gasteiger partial charge in [0.2, 0.25) is 5.91 Å². The Morgan fingerprint density at radius 3 is 2.40 bits per heavy atom. The first-order valence-electron chi connectivity index (χ1n) is 6.07. The number of nitrogens with zero attached hydrogens (tertiary/aromatic N) is 2. The van der Waals surface area contributed by atoms with E-state index in [9.17, 15) is 4.79 Å². The van der Waals surface area contributed by atoms with Gasteiger partial charge in [-0.25, -0.2) is 0 Å². The maximum Gasteiger partial charge on any atom is 0.223 e. The second-order valence-electron chi connectivity index (χ2n) is 4.43. The van der Waals surface area contributed by atoms with E-state index in [2.05, 4.69) is 10.2 Å². The minimum absolute atomic E-state index is 0.336. The highest BCUT2D eigenvalue weighted by atomic mass is 16.2. The van der Waals surface area contributed by atoms with Crippen LogP contribution in [0, 0.1) is 0 Å². The third-order valence-corrected chi connectivity index (χ3v) is 3.31. The van der Waals surface area contributed by atoms with Crippen molar-refractivity contribution in [3.05, 3.63) is 0 Å². The van der Waals surface area contributed by atoms with Crippen LogP contribution in [0.1, 0.15) is 19.3 Å². The van der Waals surface area contributed by atoms with Gasteiger partial charge in [0, 0.05) is 39.1 Å². The van der Waals surface area contributed by atoms with E-state index in [1.165, 1.54) is 25.9 Å². The molecule has 0 atom stereocenters. The second kappa shape index (κ2) is 5.47. The number of rotatable bonds is 3. The number of carbonyl (C=O) groups is 1. The van der Waals surface area contributed by atoms with Gasteiger partial charge in [0.25, 0.3) is 0 Å². The van der Waals surface area contributed by atoms with Crippen molar-refractivity contribution in [1.82, 2.24) is 15.1 Å². The Hall–Kier alpha value is -0.610. The summed E-state index contributed by atoms with van der Waals surface area (Å²) in [6.07, 6.45) is 3.32. The molecule has 4 nitrogen and oxygen atoms in total. The largest absolute Gasteiger partial charge is 0.340 e. The zero-order valence-corrected chi connectivity index (χ0v) is 9.37. The van der Waals surface area contributed by atoms with Crippen LogP contribution in [0.4, 0.5) is 0 Å². The third-order valence-electron chi connectivity index (χ3n) is 3.31. The Kier molecular flexibility index (Phi) is 3.97. The van der Waals surface area contributed by atoms with Gasteiger partial charge in [-0.2, -0.15) is 0 Å². The molecule has 0 radical (unpaired) electrons. The van der Waals surface area contributed by atoms with Crippen molar-refractivity contribution in [3.8, 4) is 0 Å². The average molecular weight is 211 g/mol. The highest BCUT2D eigenvalue weighted by Crippen LogP contribution is 2.08. The molecule has 86 valence electrons. The number of hydrogen-bond acceptors (Lipinski definition) is 3. The van der Waals surface area contributed by atoms with Crippen LogP contribution in [-0.4, -0.2) is 61.5 Å². The number of carbonyl (C=O) groups excluding carboxylic acids is 1. The first-order valence-corrected chi connectivity index (χ1v) is 6.07. The van der Waals surface area contributed by atoms with Gasteiger partial charge in [-0.1, -0.05) is 0 Å². The van der Waals surface area contributed by atoms with Gasteiger partial charge in [-0.05, 0) is 25.9 Å². The fraction of sp³-hybridized carbons (Fsp3) is 0.909. The van der Waals surface area contributed by atoms with Gasteiger partial charge in [-0.3, -0.25) is 4.79 Å². The zero-order chi connectivity index (χ0) is 10.5. The van der Waals surface area contributed by atoms with E-state index >= 15 is 0 Å². The van der Waals surface area contributed by atoms with Gasteiger partial charge >= 0.3 is 0 Å². The number of hydrogen-bond donors (Lipinski definition) is 1. The molecule has 0 bridgehead atoms. The maximum absolute atomic E-state index is 11.8. The Morgan fingerprint density at radius 2 is 1.73 bits per heavy atom. The maximum atomic E-state index is 11.8. The highest BCUT2D eigenvalue weighted by molar-refractivity contribution is 5.76. The Balaban J connectivity index is 1.66. The Labute approximate surface area is 91.6 Å². The molecule has 2 saturated heterocycles. The van der Waals surface area contributed by atoms with Gasteiger partial charge in [0.15, 0.2) is 0 Å². The quantitative estimate of drug-likeness (QED) is 0.708. The number of piperazine rings is 1. The van der Waals surface area contributed by atoms with Crippen LogP contribution in [0.2, 0.25) is 0 Å². The summed E-state index contributed by atoms with van der Waals surface area (Å²) in [5.41, 5.74) is 0. The summed E-state index contributed by atoms with van der Waals surface area (Å²) < 4.78 is 0. The molecular weight excluding hydrogens is 190 g/mol. The molecule has 0 unspecified atom stereocenters. The predicted molar refractivity (Wildman–Crippen MR) is 59.7 cm³/mol. The van der Waals surface area contributed by atoms with Gasteiger partial charge < -0.3 is 15.1 Å². The lowest BCUT2D eigenvalue weighted by Crippen LogP contribution is -2.47. The van der Waals surface area contributed by atoms with Crippen LogP contribution in [0.15, 0.2) is 0 Å². The van der Waals surface area contributed by atoms with Crippen LogP contribution in [0.5, 0.6) is 0 Å². The fourth-order valence-electron chi connectivity index (χ4n) is 2.33. The average Bonchev–Trinajstić information content (AvgIpc) is 2.80. The molecule has 1 N–H and O–H groups in total. The smallest absolute Gasteiger partial charge is 0.223 e. The third kappa shape index (κ3) is 3.18. The summed E-state index contributed by atoms with van der Waals surface area (Å²) in [6, 6.07) is 0. The van der Waals surface area contributed by atoms with Crippen LogP contribution in [0.25, 0.3) is 0 Å². The van der Waals surface area contributed by atoms with Crippen molar-refractivity contribution in [2.45, 2.75) is 19.3 Å². The van der Waals surface area contributed by atoms with Crippen LogP contribution < -0.4 is 5.32 Å². The van der Waals surface area contributed by atoms with Crippen molar-refractivity contribution in [2.24, 2.45) is 0 Å². The van der Waals surface area contributed by atoms with E-state index < -0.39 is 0 Å². The van der Waals surface area contributed by atoms with Gasteiger partial charge in [0.05, 0.1) is 0 Å². The van der Waals surface area contributed by atoms with Crippen molar-refractivity contribution < 1.29 is 4.79 Å². The molecule has 2 fully saturated rings. The molecule has 1 amide bonds. The Morgan fingerprint density at radius 1 is 1.07 bits per heavy atom. The monoisotopic (exact) mass is 211 g/mol. The molecule has 2 aliphatic heterocycles. The van der Waals surface area contributed by atoms with E-state index in [0.29, 0.717) is 12.3 Å². The van der Waals surface area contributed by atoms with Crippen LogP contribution in [-0.2, 0) is 4.79 Å². The molecule has 0 aliphatic carbocycles. The molecule has 15 heavy (non-hydrogen) atoms. The van der Waals surface area contributed by atoms with Crippen molar-refractivity contribution in [2.75, 3.05) is 45.8 Å². The van der Waals surface area contributed by atoms with Gasteiger partial charge in [-0.15, -0.1) is 0 Å². The topological polar surface area (TPSA) is 35.6 Å². The van der Waals surface area contributed by atoms with E-state index in [0.717, 1.165) is 32.7 Å². The molecule has 2 heterocycles. The number of nitrogens with one attached hydrogen (secondary N) is 1. The molecule has 4 heteroatoms. The summed E-state index contributed by atoms with van der Waals surface area (Å²) in [7, 11) is 0. The lowest BCUT2D eigenvalue weighted by atomic mass is 10.3. The summed E-state index contributed by atoms with van der Waals surface area (Å²) in [4.78, 5) is 16.2. The molecule has 0 spiro atoms. The first kappa shape index (κ1) is 10.9. The number of likely N-dealkylation sites (tertiary alicyclic amines) is 1. The molecule has 0 aromatic carbocycles. The fourth-order valence-corrected chi connectivity index (χ4v) is 2.33. The molecular formula is C11H21N3O. The lowest BCUT2D eigenvalue weighted by Gasteiger charge is -2.28. The summed E-state index contributed by atoms with van der Waals surface area (Å²) in [6.45, 7) is 7.02. The minimum atomic E-state index is 0.336. The Bertz CT molecular complexity index is 208.